The zero-order valence-corrected chi connectivity index (χ0v) is 13.0. The number of fused-ring (bicyclic) bond motifs is 1. The molecule has 24 heavy (non-hydrogen) atoms. The lowest BCUT2D eigenvalue weighted by molar-refractivity contribution is -0.125. The Kier molecular flexibility index (Phi) is 4.48. The van der Waals surface area contributed by atoms with Crippen LogP contribution in [0.1, 0.15) is 28.8 Å². The van der Waals surface area contributed by atoms with Crippen LogP contribution in [0.3, 0.4) is 0 Å². The first-order chi connectivity index (χ1) is 11.4. The molecule has 9 heteroatoms. The molecule has 0 spiro atoms. The first-order valence-corrected chi connectivity index (χ1v) is 7.88. The van der Waals surface area contributed by atoms with Gasteiger partial charge in [-0.3, -0.25) is 4.79 Å². The third kappa shape index (κ3) is 3.10. The van der Waals surface area contributed by atoms with Crippen molar-refractivity contribution in [2.24, 2.45) is 17.4 Å². The van der Waals surface area contributed by atoms with Gasteiger partial charge in [-0.05, 0) is 30.9 Å². The number of carbonyl (C=O) groups is 2. The van der Waals surface area contributed by atoms with Gasteiger partial charge >= 0.3 is 13.1 Å². The molecule has 3 atom stereocenters. The van der Waals surface area contributed by atoms with Crippen LogP contribution in [-0.2, 0) is 11.2 Å². The summed E-state index contributed by atoms with van der Waals surface area (Å²) in [6, 6.07) is 4.33. The van der Waals surface area contributed by atoms with E-state index in [0.29, 0.717) is 18.4 Å². The second-order valence-corrected chi connectivity index (χ2v) is 6.42. The van der Waals surface area contributed by atoms with E-state index in [4.69, 9.17) is 16.1 Å². The number of aromatic carboxylic acids is 1. The van der Waals surface area contributed by atoms with Crippen LogP contribution in [0.2, 0.25) is 0 Å². The highest BCUT2D eigenvalue weighted by atomic mass is 16.5. The molecule has 1 saturated carbocycles. The Morgan fingerprint density at radius 3 is 2.54 bits per heavy atom. The zero-order chi connectivity index (χ0) is 17.4. The Labute approximate surface area is 139 Å². The van der Waals surface area contributed by atoms with Gasteiger partial charge in [0, 0.05) is 18.0 Å². The monoisotopic (exact) mass is 333 g/mol. The number of carbonyl (C=O) groups excluding carboxylic acids is 1. The normalized spacial score (nSPS) is 26.6. The van der Waals surface area contributed by atoms with Gasteiger partial charge in [-0.1, -0.05) is 12.1 Å². The molecule has 1 heterocycles. The summed E-state index contributed by atoms with van der Waals surface area (Å²) in [6.45, 7) is 0. The van der Waals surface area contributed by atoms with Crippen LogP contribution in [0.15, 0.2) is 18.2 Å². The molecule has 0 bridgehead atoms. The van der Waals surface area contributed by atoms with E-state index in [1.54, 1.807) is 12.1 Å². The fraction of sp³-hybridized carbons (Fsp3) is 0.467. The molecule has 0 unspecified atom stereocenters. The average Bonchev–Trinajstić information content (AvgIpc) is 2.87. The highest BCUT2D eigenvalue weighted by Crippen LogP contribution is 2.30. The van der Waals surface area contributed by atoms with Gasteiger partial charge in [-0.25, -0.2) is 4.79 Å². The molecule has 1 fully saturated rings. The summed E-state index contributed by atoms with van der Waals surface area (Å²) in [5.41, 5.74) is 12.3. The predicted molar refractivity (Wildman–Crippen MR) is 86.3 cm³/mol. The highest BCUT2D eigenvalue weighted by Gasteiger charge is 2.40. The fourth-order valence-corrected chi connectivity index (χ4v) is 3.33. The number of hydrogen-bond donors (Lipinski definition) is 5. The summed E-state index contributed by atoms with van der Waals surface area (Å²) in [5.74, 6) is -2.14. The number of hydrogen-bond acceptors (Lipinski definition) is 6. The Bertz CT molecular complexity index is 661. The molecule has 0 saturated heterocycles. The minimum Gasteiger partial charge on any atom is -0.534 e. The van der Waals surface area contributed by atoms with Gasteiger partial charge in [-0.15, -0.1) is 0 Å². The molecule has 3 rings (SSSR count). The second-order valence-electron chi connectivity index (χ2n) is 6.42. The van der Waals surface area contributed by atoms with E-state index >= 15 is 0 Å². The molecule has 7 N–H and O–H groups in total. The van der Waals surface area contributed by atoms with Crippen molar-refractivity contribution in [1.82, 2.24) is 5.32 Å². The van der Waals surface area contributed by atoms with Crippen LogP contribution in [0.5, 0.6) is 5.75 Å². The maximum Gasteiger partial charge on any atom is 0.547 e. The van der Waals surface area contributed by atoms with Crippen LogP contribution < -0.4 is 21.4 Å². The molecule has 1 aliphatic heterocycles. The van der Waals surface area contributed by atoms with Gasteiger partial charge in [0.25, 0.3) is 0 Å². The van der Waals surface area contributed by atoms with Crippen LogP contribution in [0, 0.1) is 5.92 Å². The van der Waals surface area contributed by atoms with Gasteiger partial charge in [0.2, 0.25) is 5.91 Å². The van der Waals surface area contributed by atoms with E-state index in [2.05, 4.69) is 5.32 Å². The Balaban J connectivity index is 1.72. The number of nitrogens with one attached hydrogen (secondary N) is 1. The number of carboxylic acids is 1. The highest BCUT2D eigenvalue weighted by molar-refractivity contribution is 6.47. The number of para-hydroxylation sites is 1. The van der Waals surface area contributed by atoms with Crippen molar-refractivity contribution in [1.29, 1.82) is 0 Å². The molecule has 1 aromatic carbocycles. The van der Waals surface area contributed by atoms with Crippen molar-refractivity contribution in [3.8, 4) is 5.75 Å². The topological polar surface area (TPSA) is 148 Å². The first kappa shape index (κ1) is 16.8. The second kappa shape index (κ2) is 6.42. The van der Waals surface area contributed by atoms with E-state index in [-0.39, 0.29) is 41.6 Å². The lowest BCUT2D eigenvalue weighted by Gasteiger charge is -2.29. The average molecular weight is 333 g/mol. The third-order valence-corrected chi connectivity index (χ3v) is 4.71. The number of benzene rings is 1. The molecule has 1 aliphatic carbocycles. The van der Waals surface area contributed by atoms with E-state index < -0.39 is 19.0 Å². The van der Waals surface area contributed by atoms with E-state index in [1.165, 1.54) is 6.07 Å². The maximum absolute atomic E-state index is 12.4. The van der Waals surface area contributed by atoms with E-state index in [9.17, 15) is 19.7 Å². The van der Waals surface area contributed by atoms with Gasteiger partial charge in [0.05, 0.1) is 11.5 Å². The standard InChI is InChI=1S/C15H20BN3O5/c17-10-4-8(5-11(10)18)14(20)19-12-6-7-2-1-3-9(15(21)22)13(7)24-16(12)23/h1-3,8,10-12,23H,4-6,17-18H2,(H,19,20)(H,21,22)/t10-,11-,12+/m1/s1. The summed E-state index contributed by atoms with van der Waals surface area (Å²) in [7, 11) is -1.31. The summed E-state index contributed by atoms with van der Waals surface area (Å²) >= 11 is 0. The van der Waals surface area contributed by atoms with Crippen molar-refractivity contribution < 1.29 is 24.4 Å². The van der Waals surface area contributed by atoms with Crippen molar-refractivity contribution in [3.63, 3.8) is 0 Å². The third-order valence-electron chi connectivity index (χ3n) is 4.71. The molecule has 0 radical (unpaired) electrons. The van der Waals surface area contributed by atoms with Gasteiger partial charge in [0.15, 0.2) is 0 Å². The van der Waals surface area contributed by atoms with Crippen LogP contribution in [0.4, 0.5) is 0 Å². The van der Waals surface area contributed by atoms with Gasteiger partial charge in [-0.2, -0.15) is 0 Å². The lowest BCUT2D eigenvalue weighted by atomic mass is 9.72. The largest absolute Gasteiger partial charge is 0.547 e. The van der Waals surface area contributed by atoms with Crippen molar-refractivity contribution in [2.45, 2.75) is 37.3 Å². The first-order valence-electron chi connectivity index (χ1n) is 7.88. The molecular weight excluding hydrogens is 313 g/mol. The fourth-order valence-electron chi connectivity index (χ4n) is 3.33. The van der Waals surface area contributed by atoms with Crippen molar-refractivity contribution in [2.75, 3.05) is 0 Å². The Hall–Kier alpha value is -2.10. The Morgan fingerprint density at radius 1 is 1.25 bits per heavy atom. The Morgan fingerprint density at radius 2 is 1.92 bits per heavy atom. The number of rotatable bonds is 3. The lowest BCUT2D eigenvalue weighted by Crippen LogP contribution is -2.54. The molecule has 0 aromatic heterocycles. The maximum atomic E-state index is 12.4. The van der Waals surface area contributed by atoms with Crippen LogP contribution >= 0.6 is 0 Å². The quantitative estimate of drug-likeness (QED) is 0.440. The molecule has 8 nitrogen and oxygen atoms in total. The number of nitrogens with two attached hydrogens (primary N) is 2. The van der Waals surface area contributed by atoms with E-state index in [1.807, 2.05) is 0 Å². The molecule has 1 aromatic rings. The summed E-state index contributed by atoms with van der Waals surface area (Å²) in [4.78, 5) is 23.6. The van der Waals surface area contributed by atoms with Gasteiger partial charge < -0.3 is 31.6 Å². The summed E-state index contributed by atoms with van der Waals surface area (Å²) in [5, 5.41) is 22.1. The van der Waals surface area contributed by atoms with E-state index in [0.717, 1.165) is 0 Å². The summed E-state index contributed by atoms with van der Waals surface area (Å²) in [6.07, 6.45) is 1.31. The molecule has 1 amide bonds. The minimum absolute atomic E-state index is 0.0101. The number of carboxylic acid groups (broad SMARTS) is 1. The molecule has 128 valence electrons. The van der Waals surface area contributed by atoms with Crippen LogP contribution in [-0.4, -0.2) is 47.2 Å². The zero-order valence-electron chi connectivity index (χ0n) is 13.0. The van der Waals surface area contributed by atoms with Gasteiger partial charge in [0.1, 0.15) is 5.75 Å². The SMILES string of the molecule is N[C@@H]1CC(C(=O)N[C@H]2Cc3cccc(C(=O)O)c3OB2O)C[C@H]1N. The summed E-state index contributed by atoms with van der Waals surface area (Å²) < 4.78 is 5.35. The van der Waals surface area contributed by atoms with Crippen molar-refractivity contribution >= 4 is 19.0 Å². The van der Waals surface area contributed by atoms with Crippen molar-refractivity contribution in [3.05, 3.63) is 29.3 Å². The number of amides is 1. The molecular formula is C15H20BN3O5. The predicted octanol–water partition coefficient (Wildman–Crippen LogP) is -1.11. The van der Waals surface area contributed by atoms with Crippen LogP contribution in [0.25, 0.3) is 0 Å². The molecule has 2 aliphatic rings. The smallest absolute Gasteiger partial charge is 0.534 e. The minimum atomic E-state index is -1.31.